The van der Waals surface area contributed by atoms with Crippen LogP contribution >= 0.6 is 11.6 Å². The number of halogens is 1. The van der Waals surface area contributed by atoms with Crippen molar-refractivity contribution in [2.45, 2.75) is 6.92 Å². The molecule has 0 saturated carbocycles. The highest BCUT2D eigenvalue weighted by molar-refractivity contribution is 6.32. The second kappa shape index (κ2) is 5.66. The van der Waals surface area contributed by atoms with Crippen molar-refractivity contribution in [3.05, 3.63) is 74.7 Å². The summed E-state index contributed by atoms with van der Waals surface area (Å²) in [4.78, 5) is 16.2. The topological polar surface area (TPSA) is 63.3 Å². The second-order valence-corrected chi connectivity index (χ2v) is 5.27. The summed E-state index contributed by atoms with van der Waals surface area (Å²) in [7, 11) is 0. The van der Waals surface area contributed by atoms with Crippen LogP contribution in [-0.4, -0.2) is 10.1 Å². The van der Waals surface area contributed by atoms with Crippen LogP contribution in [-0.2, 0) is 0 Å². The molecule has 1 heterocycles. The summed E-state index contributed by atoms with van der Waals surface area (Å²) >= 11 is 6.02. The number of hydrogen-bond donors (Lipinski definition) is 1. The minimum Gasteiger partial charge on any atom is -0.507 e. The third-order valence-electron chi connectivity index (χ3n) is 3.19. The summed E-state index contributed by atoms with van der Waals surface area (Å²) in [6.45, 7) is 1.92. The Labute approximate surface area is 131 Å². The number of aliphatic hydroxyl groups is 1. The third-order valence-corrected chi connectivity index (χ3v) is 3.52. The van der Waals surface area contributed by atoms with E-state index >= 15 is 0 Å². The predicted octanol–water partition coefficient (Wildman–Crippen LogP) is 4.21. The van der Waals surface area contributed by atoms with Gasteiger partial charge in [0, 0.05) is 11.6 Å². The summed E-state index contributed by atoms with van der Waals surface area (Å²) in [5.41, 5.74) is 1.79. The largest absolute Gasteiger partial charge is 0.507 e. The predicted molar refractivity (Wildman–Crippen MR) is 87.0 cm³/mol. The molecule has 0 aliphatic heterocycles. The number of benzene rings is 2. The van der Waals surface area contributed by atoms with Crippen molar-refractivity contribution in [1.29, 1.82) is 0 Å². The van der Waals surface area contributed by atoms with Crippen molar-refractivity contribution in [2.75, 3.05) is 0 Å². The molecule has 0 bridgehead atoms. The number of nitrogens with zero attached hydrogens (tertiary/aromatic N) is 1. The van der Waals surface area contributed by atoms with E-state index in [1.54, 1.807) is 30.3 Å². The molecule has 22 heavy (non-hydrogen) atoms. The Balaban J connectivity index is 2.14. The lowest BCUT2D eigenvalue weighted by Gasteiger charge is -2.03. The molecule has 0 radical (unpaired) electrons. The molecule has 0 aliphatic carbocycles. The van der Waals surface area contributed by atoms with E-state index in [4.69, 9.17) is 16.0 Å². The highest BCUT2D eigenvalue weighted by atomic mass is 35.5. The molecule has 110 valence electrons. The Morgan fingerprint density at radius 3 is 2.82 bits per heavy atom. The van der Waals surface area contributed by atoms with E-state index in [0.717, 1.165) is 5.56 Å². The fourth-order valence-corrected chi connectivity index (χ4v) is 2.33. The van der Waals surface area contributed by atoms with Crippen molar-refractivity contribution >= 4 is 34.5 Å². The summed E-state index contributed by atoms with van der Waals surface area (Å²) < 4.78 is 5.21. The molecule has 0 amide bonds. The number of aliphatic hydroxyl groups excluding tert-OH is 1. The summed E-state index contributed by atoms with van der Waals surface area (Å²) in [5.74, 6) is -0.141. The highest BCUT2D eigenvalue weighted by Gasteiger charge is 2.09. The van der Waals surface area contributed by atoms with Gasteiger partial charge in [0.05, 0.1) is 5.02 Å². The van der Waals surface area contributed by atoms with Gasteiger partial charge in [0.15, 0.2) is 11.3 Å². The van der Waals surface area contributed by atoms with Crippen LogP contribution in [0.5, 0.6) is 0 Å². The minimum absolute atomic E-state index is 0.0236. The van der Waals surface area contributed by atoms with Crippen molar-refractivity contribution in [1.82, 2.24) is 4.98 Å². The first kappa shape index (κ1) is 14.4. The molecule has 1 aromatic heterocycles. The van der Waals surface area contributed by atoms with Gasteiger partial charge < -0.3 is 9.52 Å². The molecule has 2 aromatic carbocycles. The van der Waals surface area contributed by atoms with Gasteiger partial charge in [-0.05, 0) is 36.8 Å². The van der Waals surface area contributed by atoms with E-state index < -0.39 is 5.63 Å². The van der Waals surface area contributed by atoms with Gasteiger partial charge in [-0.15, -0.1) is 0 Å². The standard InChI is InChI=1S/C17H12ClNO3/c1-10-6-7-16-13(8-10)19-14(17(21)22-16)9-15(20)11-4-2-3-5-12(11)18/h2-9,20H,1H3/b15-9-. The SMILES string of the molecule is Cc1ccc2oc(=O)c(/C=C(\O)c3ccccc3Cl)nc2c1. The van der Waals surface area contributed by atoms with E-state index in [1.807, 2.05) is 19.1 Å². The Kier molecular flexibility index (Phi) is 3.69. The van der Waals surface area contributed by atoms with E-state index in [-0.39, 0.29) is 11.5 Å². The van der Waals surface area contributed by atoms with Crippen LogP contribution in [0.15, 0.2) is 51.7 Å². The van der Waals surface area contributed by atoms with Crippen molar-refractivity contribution in [3.63, 3.8) is 0 Å². The molecule has 0 spiro atoms. The normalized spacial score (nSPS) is 11.8. The lowest BCUT2D eigenvalue weighted by atomic mass is 10.1. The van der Waals surface area contributed by atoms with Gasteiger partial charge in [0.2, 0.25) is 0 Å². The Hall–Kier alpha value is -2.59. The molecule has 0 saturated heterocycles. The van der Waals surface area contributed by atoms with E-state index in [9.17, 15) is 9.90 Å². The Bertz CT molecular complexity index is 944. The molecule has 0 atom stereocenters. The molecule has 3 rings (SSSR count). The van der Waals surface area contributed by atoms with Gasteiger partial charge in [-0.3, -0.25) is 0 Å². The van der Waals surface area contributed by atoms with Gasteiger partial charge in [0.25, 0.3) is 0 Å². The van der Waals surface area contributed by atoms with Gasteiger partial charge >= 0.3 is 5.63 Å². The monoisotopic (exact) mass is 313 g/mol. The van der Waals surface area contributed by atoms with Crippen LogP contribution in [0, 0.1) is 6.92 Å². The molecular formula is C17H12ClNO3. The third kappa shape index (κ3) is 2.73. The lowest BCUT2D eigenvalue weighted by molar-refractivity contribution is 0.514. The molecule has 0 aliphatic rings. The van der Waals surface area contributed by atoms with Crippen LogP contribution in [0.3, 0.4) is 0 Å². The Morgan fingerprint density at radius 2 is 2.05 bits per heavy atom. The zero-order valence-electron chi connectivity index (χ0n) is 11.7. The zero-order valence-corrected chi connectivity index (χ0v) is 12.5. The molecule has 5 heteroatoms. The first-order valence-electron chi connectivity index (χ1n) is 6.61. The van der Waals surface area contributed by atoms with Gasteiger partial charge in [-0.1, -0.05) is 29.8 Å². The molecule has 3 aromatic rings. The van der Waals surface area contributed by atoms with Crippen LogP contribution in [0.2, 0.25) is 5.02 Å². The first-order chi connectivity index (χ1) is 10.5. The van der Waals surface area contributed by atoms with Crippen molar-refractivity contribution in [3.8, 4) is 0 Å². The maximum absolute atomic E-state index is 12.0. The molecule has 4 nitrogen and oxygen atoms in total. The molecule has 1 N–H and O–H groups in total. The van der Waals surface area contributed by atoms with Crippen molar-refractivity contribution in [2.24, 2.45) is 0 Å². The van der Waals surface area contributed by atoms with Crippen LogP contribution in [0.1, 0.15) is 16.8 Å². The average Bonchev–Trinajstić information content (AvgIpc) is 2.49. The summed E-state index contributed by atoms with van der Waals surface area (Å²) in [5, 5.41) is 10.5. The number of hydrogen-bond acceptors (Lipinski definition) is 4. The highest BCUT2D eigenvalue weighted by Crippen LogP contribution is 2.23. The number of rotatable bonds is 2. The maximum Gasteiger partial charge on any atom is 0.362 e. The fourth-order valence-electron chi connectivity index (χ4n) is 2.10. The maximum atomic E-state index is 12.0. The van der Waals surface area contributed by atoms with Gasteiger partial charge in [-0.2, -0.15) is 0 Å². The number of aryl methyl sites for hydroxylation is 1. The van der Waals surface area contributed by atoms with Crippen molar-refractivity contribution < 1.29 is 9.52 Å². The number of aromatic nitrogens is 1. The zero-order chi connectivity index (χ0) is 15.7. The first-order valence-corrected chi connectivity index (χ1v) is 6.99. The van der Waals surface area contributed by atoms with E-state index in [0.29, 0.717) is 21.7 Å². The van der Waals surface area contributed by atoms with E-state index in [2.05, 4.69) is 4.98 Å². The Morgan fingerprint density at radius 1 is 1.27 bits per heavy atom. The molecular weight excluding hydrogens is 302 g/mol. The van der Waals surface area contributed by atoms with Crippen LogP contribution in [0.4, 0.5) is 0 Å². The summed E-state index contributed by atoms with van der Waals surface area (Å²) in [6, 6.07) is 12.1. The summed E-state index contributed by atoms with van der Waals surface area (Å²) in [6.07, 6.45) is 1.26. The smallest absolute Gasteiger partial charge is 0.362 e. The molecule has 0 fully saturated rings. The lowest BCUT2D eigenvalue weighted by Crippen LogP contribution is -2.06. The second-order valence-electron chi connectivity index (χ2n) is 4.87. The van der Waals surface area contributed by atoms with Crippen LogP contribution in [0.25, 0.3) is 22.9 Å². The van der Waals surface area contributed by atoms with E-state index in [1.165, 1.54) is 6.08 Å². The van der Waals surface area contributed by atoms with Crippen LogP contribution < -0.4 is 5.63 Å². The quantitative estimate of drug-likeness (QED) is 0.720. The minimum atomic E-state index is -0.616. The number of fused-ring (bicyclic) bond motifs is 1. The molecule has 0 unspecified atom stereocenters. The van der Waals surface area contributed by atoms with Gasteiger partial charge in [0.1, 0.15) is 11.3 Å². The van der Waals surface area contributed by atoms with Gasteiger partial charge in [-0.25, -0.2) is 9.78 Å². The average molecular weight is 314 g/mol. The fraction of sp³-hybridized carbons (Fsp3) is 0.0588.